The fourth-order valence-electron chi connectivity index (χ4n) is 4.21. The zero-order valence-corrected chi connectivity index (χ0v) is 66.2. The maximum atomic E-state index is 2.12. The van der Waals surface area contributed by atoms with Gasteiger partial charge in [-0.15, -0.1) is 0 Å². The van der Waals surface area contributed by atoms with Gasteiger partial charge >= 0.3 is 0 Å². The van der Waals surface area contributed by atoms with Crippen molar-refractivity contribution >= 4 is 10.8 Å². The first-order valence-corrected chi connectivity index (χ1v) is 33.2. The number of hydrogen-bond acceptors (Lipinski definition) is 0. The molecule has 0 bridgehead atoms. The van der Waals surface area contributed by atoms with E-state index in [1.807, 2.05) is 444 Å². The quantitative estimate of drug-likeness (QED) is 0.133. The molecule has 93 heavy (non-hydrogen) atoms. The van der Waals surface area contributed by atoms with Gasteiger partial charge in [0.2, 0.25) is 0 Å². The molecular weight excluding hydrogens is 1190 g/mol. The van der Waals surface area contributed by atoms with Crippen LogP contribution in [0.25, 0.3) is 10.8 Å². The standard InChI is InChI=1S/C10H8.8C6H6.2C3H8.11C2H6.4CH4.2CH3.Y/c1-2-6-10-8-4-3-7-9(10)5-1;8*1-2-4-6-5-3-1;2*1-3-2;11*1-2;;;;;;;/h1-8H;8*1-6H;2*3H2,1-2H3;11*1-2H3;4*1H4;2*1H3;/q;;;;;;;;;;;;;;;;;;;;;;;;;;2*-1;. The summed E-state index contributed by atoms with van der Waals surface area (Å²) < 4.78 is 0. The zero-order chi connectivity index (χ0) is 68.2. The second kappa shape index (κ2) is 185. The van der Waals surface area contributed by atoms with Crippen molar-refractivity contribution in [2.24, 2.45) is 0 Å². The fraction of sp³-hybridized carbons (Fsp3) is 0.348. The van der Waals surface area contributed by atoms with Crippen LogP contribution in [0.4, 0.5) is 0 Å². The molecule has 0 saturated carbocycles. The van der Waals surface area contributed by atoms with Gasteiger partial charge in [0.05, 0.1) is 0 Å². The molecule has 10 aromatic carbocycles. The smallest absolute Gasteiger partial charge is 0 e. The summed E-state index contributed by atoms with van der Waals surface area (Å²) >= 11 is 0. The molecule has 0 aliphatic heterocycles. The monoisotopic (exact) mass is 1350 g/mol. The average molecular weight is 1360 g/mol. The SMILES string of the molecule is C.C.C.C.CC.CC.CC.CC.CC.CC.CC.CC.CC.CC.CC.CCC.CCC.[CH3-].[CH3-].[Y].c1ccc2ccccc2c1.c1ccccc1.c1ccccc1.c1ccccc1.c1ccccc1.c1ccccc1.c1ccccc1.c1ccccc1.c1ccccc1. The Bertz CT molecular complexity index is 1510. The van der Waals surface area contributed by atoms with E-state index in [1.165, 1.54) is 23.6 Å². The van der Waals surface area contributed by atoms with Gasteiger partial charge in [0.15, 0.2) is 0 Å². The van der Waals surface area contributed by atoms with E-state index in [0.29, 0.717) is 0 Å². The van der Waals surface area contributed by atoms with E-state index < -0.39 is 0 Å². The van der Waals surface area contributed by atoms with Crippen LogP contribution in [0.1, 0.15) is 223 Å². The van der Waals surface area contributed by atoms with Gasteiger partial charge in [0, 0.05) is 32.7 Å². The van der Waals surface area contributed by atoms with Gasteiger partial charge in [0.1, 0.15) is 0 Å². The van der Waals surface area contributed by atoms with Gasteiger partial charge in [-0.25, -0.2) is 0 Å². The van der Waals surface area contributed by atoms with Crippen LogP contribution >= 0.6 is 0 Å². The molecule has 1 radical (unpaired) electrons. The van der Waals surface area contributed by atoms with Crippen LogP contribution in [0.3, 0.4) is 0 Å². The molecule has 0 spiro atoms. The maximum Gasteiger partial charge on any atom is 0 e. The minimum absolute atomic E-state index is 0. The summed E-state index contributed by atoms with van der Waals surface area (Å²) in [5.41, 5.74) is 0. The van der Waals surface area contributed by atoms with E-state index in [0.717, 1.165) is 0 Å². The third kappa shape index (κ3) is 168. The Kier molecular flexibility index (Phi) is 276. The first kappa shape index (κ1) is 139. The largest absolute Gasteiger partial charge is 0.358 e. The summed E-state index contributed by atoms with van der Waals surface area (Å²) in [7, 11) is 0. The van der Waals surface area contributed by atoms with Crippen molar-refractivity contribution in [2.75, 3.05) is 0 Å². The van der Waals surface area contributed by atoms with Crippen LogP contribution in [0.5, 0.6) is 0 Å². The average Bonchev–Trinajstić information content (AvgIpc) is 1.44. The van der Waals surface area contributed by atoms with Crippen LogP contribution in [0.2, 0.25) is 0 Å². The van der Waals surface area contributed by atoms with Crippen molar-refractivity contribution < 1.29 is 32.7 Å². The summed E-state index contributed by atoms with van der Waals surface area (Å²) in [6, 6.07) is 113. The van der Waals surface area contributed by atoms with Crippen LogP contribution in [0.15, 0.2) is 340 Å². The molecule has 10 aromatic rings. The van der Waals surface area contributed by atoms with Gasteiger partial charge in [-0.2, -0.15) is 0 Å². The summed E-state index contributed by atoms with van der Waals surface area (Å²) in [5.74, 6) is 0. The molecule has 533 valence electrons. The number of fused-ring (bicyclic) bond motifs is 1. The Hall–Kier alpha value is -6.44. The second-order valence-corrected chi connectivity index (χ2v) is 13.0. The minimum Gasteiger partial charge on any atom is -0.358 e. The van der Waals surface area contributed by atoms with Gasteiger partial charge < -0.3 is 14.9 Å². The van der Waals surface area contributed by atoms with Crippen LogP contribution < -0.4 is 0 Å². The van der Waals surface area contributed by atoms with E-state index in [9.17, 15) is 0 Å². The van der Waals surface area contributed by atoms with E-state index in [-0.39, 0.29) is 77.3 Å². The van der Waals surface area contributed by atoms with E-state index in [2.05, 4.69) is 76.2 Å². The summed E-state index contributed by atoms with van der Waals surface area (Å²) in [6.45, 7) is 52.5. The topological polar surface area (TPSA) is 0 Å². The van der Waals surface area contributed by atoms with Crippen molar-refractivity contribution in [1.29, 1.82) is 0 Å². The summed E-state index contributed by atoms with van der Waals surface area (Å²) in [6.07, 6.45) is 2.50. The van der Waals surface area contributed by atoms with Crippen LogP contribution in [-0.4, -0.2) is 0 Å². The zero-order valence-electron chi connectivity index (χ0n) is 63.3. The third-order valence-electron chi connectivity index (χ3n) is 6.99. The molecule has 0 heterocycles. The second-order valence-electron chi connectivity index (χ2n) is 13.0. The third-order valence-corrected chi connectivity index (χ3v) is 6.99. The van der Waals surface area contributed by atoms with Crippen molar-refractivity contribution in [3.8, 4) is 0 Å². The molecule has 0 aliphatic rings. The van der Waals surface area contributed by atoms with E-state index >= 15 is 0 Å². The van der Waals surface area contributed by atoms with Crippen LogP contribution in [-0.2, 0) is 32.7 Å². The molecule has 1 heteroatoms. The number of rotatable bonds is 0. The van der Waals surface area contributed by atoms with Crippen molar-refractivity contribution in [2.45, 2.75) is 223 Å². The molecule has 0 amide bonds. The van der Waals surface area contributed by atoms with Gasteiger partial charge in [-0.05, 0) is 10.8 Å². The van der Waals surface area contributed by atoms with E-state index in [1.54, 1.807) is 0 Å². The van der Waals surface area contributed by atoms with Gasteiger partial charge in [-0.3, -0.25) is 0 Å². The molecular formula is C92H160Y-2. The molecule has 0 N–H and O–H groups in total. The first-order chi connectivity index (χ1) is 42.8. The minimum atomic E-state index is 0. The first-order valence-electron chi connectivity index (χ1n) is 33.2. The van der Waals surface area contributed by atoms with Crippen LogP contribution in [0, 0.1) is 14.9 Å². The predicted molar refractivity (Wildman–Crippen MR) is 452 cm³/mol. The fourth-order valence-corrected chi connectivity index (χ4v) is 4.21. The number of benzene rings is 10. The van der Waals surface area contributed by atoms with Crippen molar-refractivity contribution in [3.63, 3.8) is 0 Å². The number of hydrogen-bond donors (Lipinski definition) is 0. The van der Waals surface area contributed by atoms with Gasteiger partial charge in [-0.1, -0.05) is 562 Å². The Morgan fingerprint density at radius 1 is 0.140 bits per heavy atom. The Morgan fingerprint density at radius 3 is 0.226 bits per heavy atom. The predicted octanol–water partition coefficient (Wildman–Crippen LogP) is 33.9. The summed E-state index contributed by atoms with van der Waals surface area (Å²) in [4.78, 5) is 0. The summed E-state index contributed by atoms with van der Waals surface area (Å²) in [5, 5.41) is 2.62. The Labute approximate surface area is 616 Å². The molecule has 10 rings (SSSR count). The molecule has 0 unspecified atom stereocenters. The van der Waals surface area contributed by atoms with Crippen molar-refractivity contribution in [1.82, 2.24) is 0 Å². The molecule has 0 saturated heterocycles. The molecule has 0 nitrogen and oxygen atoms in total. The normalized spacial score (nSPS) is 6.30. The maximum absolute atomic E-state index is 2.12. The van der Waals surface area contributed by atoms with E-state index in [4.69, 9.17) is 0 Å². The molecule has 0 aromatic heterocycles. The van der Waals surface area contributed by atoms with Crippen molar-refractivity contribution in [3.05, 3.63) is 355 Å². The molecule has 0 fully saturated rings. The molecule has 0 atom stereocenters. The molecule has 0 aliphatic carbocycles. The Morgan fingerprint density at radius 2 is 0.183 bits per heavy atom. The van der Waals surface area contributed by atoms with Gasteiger partial charge in [0.25, 0.3) is 0 Å². The Balaban J connectivity index is -0.0000000370.